The molecule has 0 amide bonds. The second kappa shape index (κ2) is 6.35. The van der Waals surface area contributed by atoms with Gasteiger partial charge in [-0.25, -0.2) is 4.39 Å². The fraction of sp³-hybridized carbons (Fsp3) is 0.923. The Kier molecular flexibility index (Phi) is 5.06. The number of ether oxygens (including phenoxy) is 1. The second-order valence-corrected chi connectivity index (χ2v) is 7.58. The molecular formula is C13H19F3O5S. The lowest BCUT2D eigenvalue weighted by Crippen LogP contribution is -2.42. The molecule has 4 unspecified atom stereocenters. The molecule has 0 heterocycles. The highest BCUT2D eigenvalue weighted by atomic mass is 32.2. The third kappa shape index (κ3) is 3.56. The van der Waals surface area contributed by atoms with Gasteiger partial charge >= 0.3 is 21.3 Å². The molecule has 2 aliphatic rings. The first-order valence-corrected chi connectivity index (χ1v) is 8.71. The SMILES string of the molecule is O=C(CC1CCCC2CCC21)OCC(F)C(F)(F)S(=O)(=O)O. The maximum atomic E-state index is 13.2. The average Bonchev–Trinajstić information content (AvgIpc) is 2.36. The van der Waals surface area contributed by atoms with Gasteiger partial charge in [0.25, 0.3) is 0 Å². The molecule has 4 atom stereocenters. The van der Waals surface area contributed by atoms with Gasteiger partial charge in [0.15, 0.2) is 0 Å². The van der Waals surface area contributed by atoms with Crippen LogP contribution < -0.4 is 0 Å². The summed E-state index contributed by atoms with van der Waals surface area (Å²) in [6, 6.07) is 0. The molecule has 2 rings (SSSR count). The number of halogens is 3. The van der Waals surface area contributed by atoms with E-state index in [1.165, 1.54) is 0 Å². The number of esters is 1. The molecule has 22 heavy (non-hydrogen) atoms. The quantitative estimate of drug-likeness (QED) is 0.592. The van der Waals surface area contributed by atoms with Crippen LogP contribution in [0.5, 0.6) is 0 Å². The molecule has 0 aromatic carbocycles. The zero-order valence-electron chi connectivity index (χ0n) is 11.9. The minimum Gasteiger partial charge on any atom is -0.462 e. The van der Waals surface area contributed by atoms with Crippen molar-refractivity contribution in [1.29, 1.82) is 0 Å². The summed E-state index contributed by atoms with van der Waals surface area (Å²) in [7, 11) is -5.88. The average molecular weight is 344 g/mol. The number of rotatable bonds is 6. The minimum absolute atomic E-state index is 0.0331. The predicted octanol–water partition coefficient (Wildman–Crippen LogP) is 2.56. The van der Waals surface area contributed by atoms with Gasteiger partial charge in [0.2, 0.25) is 6.17 Å². The Morgan fingerprint density at radius 3 is 2.50 bits per heavy atom. The third-order valence-electron chi connectivity index (χ3n) is 4.76. The topological polar surface area (TPSA) is 80.7 Å². The van der Waals surface area contributed by atoms with Crippen LogP contribution in [0.15, 0.2) is 0 Å². The molecule has 0 aliphatic heterocycles. The van der Waals surface area contributed by atoms with Crippen molar-refractivity contribution in [2.45, 2.75) is 50.0 Å². The van der Waals surface area contributed by atoms with E-state index in [0.29, 0.717) is 11.8 Å². The van der Waals surface area contributed by atoms with Gasteiger partial charge in [-0.3, -0.25) is 9.35 Å². The lowest BCUT2D eigenvalue weighted by molar-refractivity contribution is -0.151. The van der Waals surface area contributed by atoms with Gasteiger partial charge in [0.1, 0.15) is 6.61 Å². The summed E-state index contributed by atoms with van der Waals surface area (Å²) in [6.07, 6.45) is 1.92. The van der Waals surface area contributed by atoms with Crippen LogP contribution in [0.3, 0.4) is 0 Å². The first kappa shape index (κ1) is 17.5. The number of alkyl halides is 3. The molecule has 0 aromatic heterocycles. The van der Waals surface area contributed by atoms with E-state index in [-0.39, 0.29) is 12.3 Å². The number of hydrogen-bond acceptors (Lipinski definition) is 4. The lowest BCUT2D eigenvalue weighted by Gasteiger charge is -2.45. The largest absolute Gasteiger partial charge is 0.462 e. The first-order valence-electron chi connectivity index (χ1n) is 7.27. The first-order chi connectivity index (χ1) is 10.1. The Morgan fingerprint density at radius 1 is 1.27 bits per heavy atom. The molecule has 5 nitrogen and oxygen atoms in total. The highest BCUT2D eigenvalue weighted by molar-refractivity contribution is 7.86. The Morgan fingerprint density at radius 2 is 1.95 bits per heavy atom. The van der Waals surface area contributed by atoms with E-state index in [4.69, 9.17) is 4.55 Å². The van der Waals surface area contributed by atoms with Crippen molar-refractivity contribution in [1.82, 2.24) is 0 Å². The van der Waals surface area contributed by atoms with Crippen molar-refractivity contribution in [3.05, 3.63) is 0 Å². The smallest absolute Gasteiger partial charge is 0.403 e. The summed E-state index contributed by atoms with van der Waals surface area (Å²) in [5, 5.41) is -4.99. The third-order valence-corrected chi connectivity index (χ3v) is 5.70. The maximum absolute atomic E-state index is 13.2. The highest BCUT2D eigenvalue weighted by Gasteiger charge is 2.53. The number of carbonyl (C=O) groups is 1. The Hall–Kier alpha value is -0.830. The summed E-state index contributed by atoms with van der Waals surface area (Å²) in [6.45, 7) is -1.40. The van der Waals surface area contributed by atoms with Crippen LogP contribution in [-0.4, -0.2) is 37.0 Å². The van der Waals surface area contributed by atoms with Crippen LogP contribution in [0.2, 0.25) is 0 Å². The van der Waals surface area contributed by atoms with Gasteiger partial charge in [0.05, 0.1) is 0 Å². The molecule has 0 bridgehead atoms. The van der Waals surface area contributed by atoms with Crippen molar-refractivity contribution < 1.29 is 35.7 Å². The van der Waals surface area contributed by atoms with Crippen LogP contribution in [0.4, 0.5) is 13.2 Å². The number of carbonyl (C=O) groups excluding carboxylic acids is 1. The van der Waals surface area contributed by atoms with Crippen molar-refractivity contribution >= 4 is 16.1 Å². The summed E-state index contributed by atoms with van der Waals surface area (Å²) in [4.78, 5) is 11.6. The van der Waals surface area contributed by atoms with E-state index in [0.717, 1.165) is 32.1 Å². The van der Waals surface area contributed by atoms with Gasteiger partial charge in [-0.2, -0.15) is 17.2 Å². The fourth-order valence-corrected chi connectivity index (χ4v) is 3.77. The number of hydrogen-bond donors (Lipinski definition) is 1. The maximum Gasteiger partial charge on any atom is 0.403 e. The molecule has 9 heteroatoms. The zero-order chi connectivity index (χ0) is 16.5. The predicted molar refractivity (Wildman–Crippen MR) is 70.5 cm³/mol. The molecule has 0 spiro atoms. The van der Waals surface area contributed by atoms with Crippen LogP contribution in [-0.2, 0) is 19.6 Å². The molecule has 2 saturated carbocycles. The van der Waals surface area contributed by atoms with E-state index in [1.807, 2.05) is 0 Å². The van der Waals surface area contributed by atoms with Crippen molar-refractivity contribution in [3.8, 4) is 0 Å². The van der Waals surface area contributed by atoms with Crippen LogP contribution in [0.25, 0.3) is 0 Å². The van der Waals surface area contributed by atoms with Crippen molar-refractivity contribution in [3.63, 3.8) is 0 Å². The van der Waals surface area contributed by atoms with E-state index in [2.05, 4.69) is 4.74 Å². The monoisotopic (exact) mass is 344 g/mol. The molecule has 2 fully saturated rings. The molecular weight excluding hydrogens is 325 g/mol. The normalized spacial score (nSPS) is 30.1. The van der Waals surface area contributed by atoms with E-state index in [9.17, 15) is 26.4 Å². The molecule has 0 saturated heterocycles. The zero-order valence-corrected chi connectivity index (χ0v) is 12.7. The van der Waals surface area contributed by atoms with Crippen molar-refractivity contribution in [2.75, 3.05) is 6.61 Å². The lowest BCUT2D eigenvalue weighted by atomic mass is 9.60. The summed E-state index contributed by atoms with van der Waals surface area (Å²) in [5.41, 5.74) is 0. The van der Waals surface area contributed by atoms with Gasteiger partial charge in [-0.05, 0) is 37.0 Å². The Bertz CT molecular complexity index is 522. The van der Waals surface area contributed by atoms with E-state index in [1.54, 1.807) is 0 Å². The van der Waals surface area contributed by atoms with Gasteiger partial charge in [0, 0.05) is 6.42 Å². The fourth-order valence-electron chi connectivity index (χ4n) is 3.38. The second-order valence-electron chi connectivity index (χ2n) is 6.08. The molecule has 128 valence electrons. The van der Waals surface area contributed by atoms with Gasteiger partial charge in [-0.15, -0.1) is 0 Å². The summed E-state index contributed by atoms with van der Waals surface area (Å²) in [5.74, 6) is 0.373. The minimum atomic E-state index is -5.88. The van der Waals surface area contributed by atoms with E-state index < -0.39 is 34.1 Å². The molecule has 0 radical (unpaired) electrons. The number of fused-ring (bicyclic) bond motifs is 1. The van der Waals surface area contributed by atoms with Gasteiger partial charge in [-0.1, -0.05) is 12.8 Å². The van der Waals surface area contributed by atoms with Gasteiger partial charge < -0.3 is 4.74 Å². The summed E-state index contributed by atoms with van der Waals surface area (Å²) >= 11 is 0. The molecule has 1 N–H and O–H groups in total. The van der Waals surface area contributed by atoms with E-state index >= 15 is 0 Å². The Balaban J connectivity index is 1.80. The van der Waals surface area contributed by atoms with Crippen molar-refractivity contribution in [2.24, 2.45) is 17.8 Å². The molecule has 0 aromatic rings. The summed E-state index contributed by atoms with van der Waals surface area (Å²) < 4.78 is 72.5. The highest BCUT2D eigenvalue weighted by Crippen LogP contribution is 2.49. The standard InChI is InChI=1S/C13H19F3O5S/c14-11(13(15,16)22(18,19)20)7-21-12(17)6-9-3-1-2-8-4-5-10(8)9/h8-11H,1-7H2,(H,18,19,20). The Labute approximate surface area is 127 Å². The van der Waals surface area contributed by atoms with Crippen LogP contribution in [0, 0.1) is 17.8 Å². The molecule has 2 aliphatic carbocycles. The van der Waals surface area contributed by atoms with Crippen LogP contribution in [0.1, 0.15) is 38.5 Å². The van der Waals surface area contributed by atoms with Crippen LogP contribution >= 0.6 is 0 Å².